The quantitative estimate of drug-likeness (QED) is 0.529. The van der Waals surface area contributed by atoms with Crippen molar-refractivity contribution in [1.29, 1.82) is 0 Å². The average molecular weight is 480 g/mol. The number of rotatable bonds is 9. The second-order valence-corrected chi connectivity index (χ2v) is 9.59. The zero-order valence-corrected chi connectivity index (χ0v) is 18.9. The van der Waals surface area contributed by atoms with Crippen LogP contribution in [0.1, 0.15) is 25.0 Å². The van der Waals surface area contributed by atoms with E-state index in [1.54, 1.807) is 38.1 Å². The van der Waals surface area contributed by atoms with Gasteiger partial charge in [-0.15, -0.1) is 0 Å². The maximum absolute atomic E-state index is 12.0. The summed E-state index contributed by atoms with van der Waals surface area (Å²) in [4.78, 5) is 12.0. The Kier molecular flexibility index (Phi) is 8.60. The second kappa shape index (κ2) is 10.5. The lowest BCUT2D eigenvalue weighted by Gasteiger charge is -2.11. The molecule has 6 nitrogen and oxygen atoms in total. The Morgan fingerprint density at radius 3 is 2.21 bits per heavy atom. The lowest BCUT2D eigenvalue weighted by molar-refractivity contribution is -0.123. The molecule has 0 aliphatic carbocycles. The summed E-state index contributed by atoms with van der Waals surface area (Å²) in [5.41, 5.74) is 1.48. The average Bonchev–Trinajstić information content (AvgIpc) is 2.61. The van der Waals surface area contributed by atoms with Crippen LogP contribution in [0.4, 0.5) is 0 Å². The van der Waals surface area contributed by atoms with Gasteiger partial charge in [-0.2, -0.15) is 0 Å². The van der Waals surface area contributed by atoms with Gasteiger partial charge in [-0.3, -0.25) is 4.79 Å². The van der Waals surface area contributed by atoms with Gasteiger partial charge in [0.25, 0.3) is 5.91 Å². The molecule has 29 heavy (non-hydrogen) atoms. The number of carbonyl (C=O) groups excluding carboxylic acids is 1. The zero-order chi connectivity index (χ0) is 21.6. The van der Waals surface area contributed by atoms with E-state index in [-0.39, 0.29) is 46.6 Å². The molecule has 158 valence electrons. The van der Waals surface area contributed by atoms with E-state index in [1.807, 2.05) is 0 Å². The number of halogens is 3. The van der Waals surface area contributed by atoms with Gasteiger partial charge >= 0.3 is 0 Å². The Hall–Kier alpha value is -1.51. The summed E-state index contributed by atoms with van der Waals surface area (Å²) in [5.74, 6) is -0.187. The van der Waals surface area contributed by atoms with Gasteiger partial charge in [0.2, 0.25) is 10.0 Å². The number of benzene rings is 2. The summed E-state index contributed by atoms with van der Waals surface area (Å²) >= 11 is 17.8. The summed E-state index contributed by atoms with van der Waals surface area (Å²) < 4.78 is 31.8. The van der Waals surface area contributed by atoms with Crippen LogP contribution in [0.15, 0.2) is 36.4 Å². The topological polar surface area (TPSA) is 84.5 Å². The molecule has 2 rings (SSSR count). The summed E-state index contributed by atoms with van der Waals surface area (Å²) in [6, 6.07) is 9.68. The molecule has 0 spiro atoms. The highest BCUT2D eigenvalue weighted by molar-refractivity contribution is 7.88. The van der Waals surface area contributed by atoms with Crippen LogP contribution in [0.25, 0.3) is 0 Å². The van der Waals surface area contributed by atoms with Crippen LogP contribution in [0.2, 0.25) is 15.1 Å². The standard InChI is InChI=1S/C19H21Cl3N2O4S/c1-12(2)24-29(26,27)11-14-5-3-13(4-6-14)9-23-19(25)10-28-18-8-16(21)15(20)7-17(18)22/h3-8,12,24H,9-11H2,1-2H3,(H,23,25). The third-order valence-electron chi connectivity index (χ3n) is 3.62. The molecule has 0 heterocycles. The highest BCUT2D eigenvalue weighted by atomic mass is 35.5. The van der Waals surface area contributed by atoms with Crippen molar-refractivity contribution in [2.45, 2.75) is 32.2 Å². The van der Waals surface area contributed by atoms with E-state index in [9.17, 15) is 13.2 Å². The number of ether oxygens (including phenoxy) is 1. The minimum absolute atomic E-state index is 0.101. The van der Waals surface area contributed by atoms with Crippen LogP contribution in [0, 0.1) is 0 Å². The molecule has 2 aromatic carbocycles. The first-order valence-electron chi connectivity index (χ1n) is 8.67. The molecular formula is C19H21Cl3N2O4S. The van der Waals surface area contributed by atoms with Crippen molar-refractivity contribution >= 4 is 50.7 Å². The van der Waals surface area contributed by atoms with Crippen LogP contribution in [0.3, 0.4) is 0 Å². The summed E-state index contributed by atoms with van der Waals surface area (Å²) in [6.07, 6.45) is 0. The smallest absolute Gasteiger partial charge is 0.258 e. The molecule has 2 N–H and O–H groups in total. The molecule has 0 bridgehead atoms. The molecule has 2 aromatic rings. The number of hydrogen-bond acceptors (Lipinski definition) is 4. The van der Waals surface area contributed by atoms with E-state index in [0.717, 1.165) is 5.56 Å². The van der Waals surface area contributed by atoms with E-state index in [1.165, 1.54) is 12.1 Å². The Bertz CT molecular complexity index is 964. The zero-order valence-electron chi connectivity index (χ0n) is 15.8. The van der Waals surface area contributed by atoms with E-state index in [2.05, 4.69) is 10.0 Å². The van der Waals surface area contributed by atoms with Gasteiger partial charge in [-0.05, 0) is 31.0 Å². The Labute approximate surface area is 185 Å². The summed E-state index contributed by atoms with van der Waals surface area (Å²) in [7, 11) is -3.38. The maximum atomic E-state index is 12.0. The SMILES string of the molecule is CC(C)NS(=O)(=O)Cc1ccc(CNC(=O)COc2cc(Cl)c(Cl)cc2Cl)cc1. The van der Waals surface area contributed by atoms with Crippen LogP contribution in [-0.4, -0.2) is 27.0 Å². The highest BCUT2D eigenvalue weighted by Gasteiger charge is 2.13. The first-order valence-corrected chi connectivity index (χ1v) is 11.5. The molecular weight excluding hydrogens is 459 g/mol. The van der Waals surface area contributed by atoms with Crippen molar-refractivity contribution in [2.24, 2.45) is 0 Å². The van der Waals surface area contributed by atoms with Crippen molar-refractivity contribution in [3.63, 3.8) is 0 Å². The Balaban J connectivity index is 1.84. The molecule has 0 saturated heterocycles. The number of hydrogen-bond donors (Lipinski definition) is 2. The first kappa shape index (κ1) is 23.8. The lowest BCUT2D eigenvalue weighted by atomic mass is 10.1. The van der Waals surface area contributed by atoms with Crippen LogP contribution < -0.4 is 14.8 Å². The predicted molar refractivity (Wildman–Crippen MR) is 116 cm³/mol. The largest absolute Gasteiger partial charge is 0.482 e. The second-order valence-electron chi connectivity index (χ2n) is 6.61. The molecule has 0 fully saturated rings. The van der Waals surface area contributed by atoms with Crippen molar-refractivity contribution < 1.29 is 17.9 Å². The van der Waals surface area contributed by atoms with Gasteiger partial charge in [0.15, 0.2) is 6.61 Å². The van der Waals surface area contributed by atoms with Gasteiger partial charge < -0.3 is 10.1 Å². The first-order chi connectivity index (χ1) is 13.6. The van der Waals surface area contributed by atoms with Gasteiger partial charge in [0.05, 0.1) is 20.8 Å². The fourth-order valence-corrected chi connectivity index (χ4v) is 4.41. The highest BCUT2D eigenvalue weighted by Crippen LogP contribution is 2.33. The Morgan fingerprint density at radius 2 is 1.59 bits per heavy atom. The molecule has 1 amide bonds. The number of sulfonamides is 1. The van der Waals surface area contributed by atoms with Crippen molar-refractivity contribution in [1.82, 2.24) is 10.0 Å². The Morgan fingerprint density at radius 1 is 1.00 bits per heavy atom. The minimum Gasteiger partial charge on any atom is -0.482 e. The van der Waals surface area contributed by atoms with Crippen molar-refractivity contribution in [2.75, 3.05) is 6.61 Å². The monoisotopic (exact) mass is 478 g/mol. The molecule has 0 saturated carbocycles. The van der Waals surface area contributed by atoms with Crippen molar-refractivity contribution in [3.05, 3.63) is 62.6 Å². The van der Waals surface area contributed by atoms with Gasteiger partial charge in [-0.1, -0.05) is 59.1 Å². The molecule has 0 aliphatic heterocycles. The summed E-state index contributed by atoms with van der Waals surface area (Å²) in [5, 5.41) is 3.54. The van der Waals surface area contributed by atoms with Crippen LogP contribution in [-0.2, 0) is 27.1 Å². The fourth-order valence-electron chi connectivity index (χ4n) is 2.38. The maximum Gasteiger partial charge on any atom is 0.258 e. The number of carbonyl (C=O) groups is 1. The molecule has 0 radical (unpaired) electrons. The van der Waals surface area contributed by atoms with Gasteiger partial charge in [0.1, 0.15) is 5.75 Å². The fraction of sp³-hybridized carbons (Fsp3) is 0.316. The van der Waals surface area contributed by atoms with E-state index in [4.69, 9.17) is 39.5 Å². The number of nitrogens with one attached hydrogen (secondary N) is 2. The van der Waals surface area contributed by atoms with Crippen LogP contribution >= 0.6 is 34.8 Å². The lowest BCUT2D eigenvalue weighted by Crippen LogP contribution is -2.31. The molecule has 0 aliphatic rings. The minimum atomic E-state index is -3.38. The molecule has 0 atom stereocenters. The third kappa shape index (κ3) is 8.03. The van der Waals surface area contributed by atoms with E-state index in [0.29, 0.717) is 10.6 Å². The molecule has 0 unspecified atom stereocenters. The van der Waals surface area contributed by atoms with Crippen molar-refractivity contribution in [3.8, 4) is 5.75 Å². The normalized spacial score (nSPS) is 11.5. The van der Waals surface area contributed by atoms with Crippen LogP contribution in [0.5, 0.6) is 5.75 Å². The predicted octanol–water partition coefficient (Wildman–Crippen LogP) is 4.17. The molecule has 0 aromatic heterocycles. The van der Waals surface area contributed by atoms with Gasteiger partial charge in [0, 0.05) is 18.7 Å². The van der Waals surface area contributed by atoms with Gasteiger partial charge in [-0.25, -0.2) is 13.1 Å². The third-order valence-corrected chi connectivity index (χ3v) is 6.18. The summed E-state index contributed by atoms with van der Waals surface area (Å²) in [6.45, 7) is 3.56. The number of amides is 1. The van der Waals surface area contributed by atoms with E-state index >= 15 is 0 Å². The van der Waals surface area contributed by atoms with E-state index < -0.39 is 10.0 Å². The molecule has 10 heteroatoms.